The third-order valence-corrected chi connectivity index (χ3v) is 6.36. The Morgan fingerprint density at radius 3 is 2.87 bits per heavy atom. The highest BCUT2D eigenvalue weighted by Crippen LogP contribution is 2.27. The number of halogens is 1. The Hall–Kier alpha value is -1.89. The molecule has 1 saturated heterocycles. The molecular weight excluding hydrogens is 412 g/mol. The molecule has 1 aliphatic carbocycles. The Balaban J connectivity index is 1.46. The summed E-state index contributed by atoms with van der Waals surface area (Å²) in [5.74, 6) is 0.547. The molecule has 6 nitrogen and oxygen atoms in total. The molecule has 2 heterocycles. The number of amides is 1. The summed E-state index contributed by atoms with van der Waals surface area (Å²) >= 11 is 6.10. The van der Waals surface area contributed by atoms with Gasteiger partial charge in [0.15, 0.2) is 5.69 Å². The number of morpholine rings is 1. The van der Waals surface area contributed by atoms with Crippen molar-refractivity contribution in [2.24, 2.45) is 5.92 Å². The van der Waals surface area contributed by atoms with E-state index < -0.39 is 0 Å². The molecule has 0 radical (unpaired) electrons. The van der Waals surface area contributed by atoms with E-state index in [1.807, 2.05) is 23.1 Å². The van der Waals surface area contributed by atoms with E-state index in [1.165, 1.54) is 11.3 Å². The second-order valence-electron chi connectivity index (χ2n) is 9.03. The van der Waals surface area contributed by atoms with E-state index in [1.54, 1.807) is 0 Å². The van der Waals surface area contributed by atoms with E-state index in [2.05, 4.69) is 29.9 Å². The van der Waals surface area contributed by atoms with Gasteiger partial charge in [0.1, 0.15) is 0 Å². The van der Waals surface area contributed by atoms with E-state index in [0.717, 1.165) is 49.4 Å². The summed E-state index contributed by atoms with van der Waals surface area (Å²) in [7, 11) is 0. The van der Waals surface area contributed by atoms with Gasteiger partial charge in [0, 0.05) is 42.0 Å². The molecule has 31 heavy (non-hydrogen) atoms. The van der Waals surface area contributed by atoms with Gasteiger partial charge in [0.25, 0.3) is 5.91 Å². The first-order valence-electron chi connectivity index (χ1n) is 11.4. The van der Waals surface area contributed by atoms with Crippen LogP contribution in [0.2, 0.25) is 5.02 Å². The van der Waals surface area contributed by atoms with Crippen molar-refractivity contribution in [2.45, 2.75) is 52.1 Å². The third-order valence-electron chi connectivity index (χ3n) is 6.12. The first-order chi connectivity index (χ1) is 15.0. The molecular formula is C24H33ClN4O2. The lowest BCUT2D eigenvalue weighted by molar-refractivity contribution is 0.0297. The monoisotopic (exact) mass is 444 g/mol. The van der Waals surface area contributed by atoms with E-state index in [-0.39, 0.29) is 5.91 Å². The number of hydrogen-bond acceptors (Lipinski definition) is 4. The molecule has 0 saturated carbocycles. The predicted molar refractivity (Wildman–Crippen MR) is 123 cm³/mol. The Kier molecular flexibility index (Phi) is 7.31. The number of carbonyl (C=O) groups is 1. The van der Waals surface area contributed by atoms with Crippen molar-refractivity contribution in [2.75, 3.05) is 32.8 Å². The average molecular weight is 445 g/mol. The molecule has 7 heteroatoms. The summed E-state index contributed by atoms with van der Waals surface area (Å²) in [5.41, 5.74) is 4.28. The molecule has 1 N–H and O–H groups in total. The number of ether oxygens (including phenoxy) is 1. The van der Waals surface area contributed by atoms with Crippen LogP contribution in [0.25, 0.3) is 0 Å². The second kappa shape index (κ2) is 10.2. The Morgan fingerprint density at radius 2 is 2.13 bits per heavy atom. The average Bonchev–Trinajstić information content (AvgIpc) is 3.11. The summed E-state index contributed by atoms with van der Waals surface area (Å²) in [6.45, 7) is 8.64. The van der Waals surface area contributed by atoms with Gasteiger partial charge in [-0.2, -0.15) is 5.10 Å². The molecule has 1 fully saturated rings. The summed E-state index contributed by atoms with van der Waals surface area (Å²) in [5, 5.41) is 9.30. The first-order valence-corrected chi connectivity index (χ1v) is 11.8. The van der Waals surface area contributed by atoms with Gasteiger partial charge in [-0.3, -0.25) is 9.48 Å². The highest BCUT2D eigenvalue weighted by molar-refractivity contribution is 6.30. The maximum absolute atomic E-state index is 13.3. The minimum absolute atomic E-state index is 0.0571. The van der Waals surface area contributed by atoms with Gasteiger partial charge in [-0.1, -0.05) is 37.6 Å². The third kappa shape index (κ3) is 5.48. The normalized spacial score (nSPS) is 19.0. The molecule has 0 unspecified atom stereocenters. The van der Waals surface area contributed by atoms with Crippen LogP contribution in [-0.2, 0) is 30.5 Å². The molecule has 2 aromatic rings. The van der Waals surface area contributed by atoms with Crippen LogP contribution in [-0.4, -0.2) is 59.5 Å². The zero-order valence-electron chi connectivity index (χ0n) is 18.6. The first kappa shape index (κ1) is 22.3. The number of hydrogen-bond donors (Lipinski definition) is 1. The van der Waals surface area contributed by atoms with Gasteiger partial charge in [-0.05, 0) is 55.8 Å². The van der Waals surface area contributed by atoms with Crippen molar-refractivity contribution in [1.29, 1.82) is 0 Å². The van der Waals surface area contributed by atoms with Gasteiger partial charge in [0.2, 0.25) is 0 Å². The number of aromatic nitrogens is 2. The van der Waals surface area contributed by atoms with Crippen LogP contribution >= 0.6 is 11.6 Å². The number of nitrogens with zero attached hydrogens (tertiary/aromatic N) is 3. The highest BCUT2D eigenvalue weighted by Gasteiger charge is 2.31. The lowest BCUT2D eigenvalue weighted by Crippen LogP contribution is -2.42. The Labute approximate surface area is 189 Å². The minimum Gasteiger partial charge on any atom is -0.378 e. The maximum Gasteiger partial charge on any atom is 0.274 e. The maximum atomic E-state index is 13.3. The molecule has 4 rings (SSSR count). The van der Waals surface area contributed by atoms with Gasteiger partial charge < -0.3 is 15.0 Å². The predicted octanol–water partition coefficient (Wildman–Crippen LogP) is 3.35. The van der Waals surface area contributed by atoms with Gasteiger partial charge in [-0.25, -0.2) is 0 Å². The smallest absolute Gasteiger partial charge is 0.274 e. The fourth-order valence-electron chi connectivity index (χ4n) is 4.56. The SMILES string of the molecule is CC(C)Cn1nc(C(=O)N2CCOCC2)c2c1CC[C@@H](NCCc1cccc(Cl)c1)C2. The summed E-state index contributed by atoms with van der Waals surface area (Å²) < 4.78 is 7.52. The molecule has 1 aromatic heterocycles. The van der Waals surface area contributed by atoms with Crippen LogP contribution in [0, 0.1) is 5.92 Å². The molecule has 1 atom stereocenters. The molecule has 1 amide bonds. The van der Waals surface area contributed by atoms with Crippen LogP contribution in [0.5, 0.6) is 0 Å². The van der Waals surface area contributed by atoms with Crippen LogP contribution in [0.4, 0.5) is 0 Å². The molecule has 1 aliphatic heterocycles. The second-order valence-corrected chi connectivity index (χ2v) is 9.46. The van der Waals surface area contributed by atoms with Crippen LogP contribution < -0.4 is 5.32 Å². The zero-order chi connectivity index (χ0) is 21.8. The number of carbonyl (C=O) groups excluding carboxylic acids is 1. The number of rotatable bonds is 7. The lowest BCUT2D eigenvalue weighted by atomic mass is 9.90. The zero-order valence-corrected chi connectivity index (χ0v) is 19.3. The molecule has 2 aliphatic rings. The fourth-order valence-corrected chi connectivity index (χ4v) is 4.77. The van der Waals surface area contributed by atoms with Gasteiger partial charge in [0.05, 0.1) is 13.2 Å². The van der Waals surface area contributed by atoms with Crippen molar-refractivity contribution < 1.29 is 9.53 Å². The lowest BCUT2D eigenvalue weighted by Gasteiger charge is -2.28. The van der Waals surface area contributed by atoms with Crippen molar-refractivity contribution in [1.82, 2.24) is 20.0 Å². The fraction of sp³-hybridized carbons (Fsp3) is 0.583. The minimum atomic E-state index is 0.0571. The topological polar surface area (TPSA) is 59.4 Å². The van der Waals surface area contributed by atoms with Crippen LogP contribution in [0.15, 0.2) is 24.3 Å². The van der Waals surface area contributed by atoms with E-state index >= 15 is 0 Å². The van der Waals surface area contributed by atoms with Crippen molar-refractivity contribution in [3.8, 4) is 0 Å². The number of benzene rings is 1. The van der Waals surface area contributed by atoms with Crippen LogP contribution in [0.3, 0.4) is 0 Å². The van der Waals surface area contributed by atoms with Crippen LogP contribution in [0.1, 0.15) is 47.6 Å². The van der Waals surface area contributed by atoms with E-state index in [0.29, 0.717) is 44.0 Å². The standard InChI is InChI=1S/C24H33ClN4O2/c1-17(2)16-29-22-7-6-20(26-9-8-18-4-3-5-19(25)14-18)15-21(22)23(27-29)24(30)28-10-12-31-13-11-28/h3-5,14,17,20,26H,6-13,15-16H2,1-2H3/t20-/m1/s1. The Morgan fingerprint density at radius 1 is 1.32 bits per heavy atom. The molecule has 168 valence electrons. The van der Waals surface area contributed by atoms with Crippen molar-refractivity contribution >= 4 is 17.5 Å². The highest BCUT2D eigenvalue weighted by atomic mass is 35.5. The summed E-state index contributed by atoms with van der Waals surface area (Å²) in [4.78, 5) is 15.2. The molecule has 1 aromatic carbocycles. The molecule has 0 bridgehead atoms. The summed E-state index contributed by atoms with van der Waals surface area (Å²) in [6, 6.07) is 8.40. The summed E-state index contributed by atoms with van der Waals surface area (Å²) in [6.07, 6.45) is 3.82. The largest absolute Gasteiger partial charge is 0.378 e. The Bertz CT molecular complexity index is 905. The molecule has 0 spiro atoms. The van der Waals surface area contributed by atoms with E-state index in [4.69, 9.17) is 21.4 Å². The van der Waals surface area contributed by atoms with E-state index in [9.17, 15) is 4.79 Å². The number of fused-ring (bicyclic) bond motifs is 1. The van der Waals surface area contributed by atoms with Crippen molar-refractivity contribution in [3.05, 3.63) is 51.8 Å². The van der Waals surface area contributed by atoms with Gasteiger partial charge >= 0.3 is 0 Å². The van der Waals surface area contributed by atoms with Gasteiger partial charge in [-0.15, -0.1) is 0 Å². The van der Waals surface area contributed by atoms with Crippen molar-refractivity contribution in [3.63, 3.8) is 0 Å². The number of nitrogens with one attached hydrogen (secondary N) is 1. The quantitative estimate of drug-likeness (QED) is 0.711.